The summed E-state index contributed by atoms with van der Waals surface area (Å²) in [5.41, 5.74) is 3.99. The van der Waals surface area contributed by atoms with Crippen molar-refractivity contribution >= 4 is 17.3 Å². The summed E-state index contributed by atoms with van der Waals surface area (Å²) in [6.45, 7) is 2.84. The number of hydrogen-bond acceptors (Lipinski definition) is 5. The van der Waals surface area contributed by atoms with Crippen molar-refractivity contribution < 1.29 is 9.47 Å². The lowest BCUT2D eigenvalue weighted by molar-refractivity contribution is -0.151. The van der Waals surface area contributed by atoms with Crippen LogP contribution in [0.5, 0.6) is 11.5 Å². The van der Waals surface area contributed by atoms with E-state index in [4.69, 9.17) is 26.2 Å². The number of para-hydroxylation sites is 1. The normalized spacial score (nSPS) is 20.9. The minimum atomic E-state index is -0.498. The zero-order valence-corrected chi connectivity index (χ0v) is 20.0. The first-order valence-electron chi connectivity index (χ1n) is 11.9. The van der Waals surface area contributed by atoms with Gasteiger partial charge in [0.2, 0.25) is 5.72 Å². The quantitative estimate of drug-likeness (QED) is 0.474. The summed E-state index contributed by atoms with van der Waals surface area (Å²) in [6, 6.07) is 24.9. The second kappa shape index (κ2) is 8.64. The zero-order valence-electron chi connectivity index (χ0n) is 19.3. The summed E-state index contributed by atoms with van der Waals surface area (Å²) in [5, 5.41) is 8.13. The molecule has 0 N–H and O–H groups in total. The predicted molar refractivity (Wildman–Crippen MR) is 134 cm³/mol. The maximum Gasteiger partial charge on any atom is 0.200 e. The lowest BCUT2D eigenvalue weighted by atomic mass is 9.90. The molecule has 6 rings (SSSR count). The van der Waals surface area contributed by atoms with E-state index in [9.17, 15) is 0 Å². The van der Waals surface area contributed by atoms with Gasteiger partial charge >= 0.3 is 0 Å². The zero-order chi connectivity index (χ0) is 23.1. The molecule has 0 amide bonds. The number of hydrogen-bond donors (Lipinski definition) is 0. The van der Waals surface area contributed by atoms with Crippen LogP contribution < -0.4 is 9.47 Å². The Bertz CT molecular complexity index is 1220. The van der Waals surface area contributed by atoms with Crippen LogP contribution in [0.15, 0.2) is 77.9 Å². The van der Waals surface area contributed by atoms with Gasteiger partial charge in [0.25, 0.3) is 0 Å². The van der Waals surface area contributed by atoms with Crippen molar-refractivity contribution in [2.75, 3.05) is 20.2 Å². The van der Waals surface area contributed by atoms with Crippen molar-refractivity contribution in [1.82, 2.24) is 9.91 Å². The molecule has 3 aliphatic heterocycles. The van der Waals surface area contributed by atoms with Gasteiger partial charge < -0.3 is 9.47 Å². The summed E-state index contributed by atoms with van der Waals surface area (Å²) in [4.78, 5) is 2.51. The predicted octanol–water partition coefficient (Wildman–Crippen LogP) is 5.88. The monoisotopic (exact) mass is 473 g/mol. The smallest absolute Gasteiger partial charge is 0.200 e. The molecule has 34 heavy (non-hydrogen) atoms. The summed E-state index contributed by atoms with van der Waals surface area (Å²) in [5.74, 6) is 1.65. The fraction of sp³-hybridized carbons (Fsp3) is 0.321. The fourth-order valence-corrected chi connectivity index (χ4v) is 5.77. The average molecular weight is 474 g/mol. The van der Waals surface area contributed by atoms with Crippen LogP contribution in [0.2, 0.25) is 5.02 Å². The van der Waals surface area contributed by atoms with Crippen LogP contribution in [-0.2, 0) is 6.54 Å². The third kappa shape index (κ3) is 3.64. The summed E-state index contributed by atoms with van der Waals surface area (Å²) >= 11 is 6.57. The Morgan fingerprint density at radius 2 is 1.76 bits per heavy atom. The highest BCUT2D eigenvalue weighted by Crippen LogP contribution is 2.53. The molecule has 3 aromatic rings. The van der Waals surface area contributed by atoms with Gasteiger partial charge in [0, 0.05) is 55.0 Å². The molecule has 3 aliphatic rings. The number of hydrazone groups is 1. The van der Waals surface area contributed by atoms with Crippen LogP contribution in [0, 0.1) is 0 Å². The Balaban J connectivity index is 1.34. The van der Waals surface area contributed by atoms with E-state index in [1.807, 2.05) is 30.3 Å². The second-order valence-electron chi connectivity index (χ2n) is 9.28. The molecule has 0 saturated carbocycles. The molecule has 0 aromatic heterocycles. The van der Waals surface area contributed by atoms with E-state index < -0.39 is 5.72 Å². The van der Waals surface area contributed by atoms with Crippen LogP contribution in [0.25, 0.3) is 0 Å². The van der Waals surface area contributed by atoms with Crippen molar-refractivity contribution in [2.24, 2.45) is 5.10 Å². The van der Waals surface area contributed by atoms with E-state index >= 15 is 0 Å². The molecule has 1 atom stereocenters. The minimum Gasteiger partial charge on any atom is -0.493 e. The molecule has 174 valence electrons. The number of likely N-dealkylation sites (tertiary alicyclic amines) is 1. The van der Waals surface area contributed by atoms with E-state index in [1.54, 1.807) is 7.11 Å². The third-order valence-electron chi connectivity index (χ3n) is 7.28. The molecule has 3 aromatic carbocycles. The van der Waals surface area contributed by atoms with Gasteiger partial charge in [-0.1, -0.05) is 72.3 Å². The second-order valence-corrected chi connectivity index (χ2v) is 9.69. The number of piperidine rings is 1. The molecular weight excluding hydrogens is 446 g/mol. The maximum atomic E-state index is 6.84. The van der Waals surface area contributed by atoms with Gasteiger partial charge in [0.1, 0.15) is 0 Å². The Morgan fingerprint density at radius 3 is 2.53 bits per heavy atom. The first-order valence-corrected chi connectivity index (χ1v) is 12.3. The third-order valence-corrected chi connectivity index (χ3v) is 7.61. The highest BCUT2D eigenvalue weighted by molar-refractivity contribution is 6.34. The van der Waals surface area contributed by atoms with Gasteiger partial charge in [-0.2, -0.15) is 5.10 Å². The number of nitrogens with zero attached hydrogens (tertiary/aromatic N) is 3. The average Bonchev–Trinajstić information content (AvgIpc) is 3.33. The lowest BCUT2D eigenvalue weighted by Crippen LogP contribution is -2.59. The van der Waals surface area contributed by atoms with Gasteiger partial charge in [0.15, 0.2) is 11.5 Å². The van der Waals surface area contributed by atoms with Crippen molar-refractivity contribution in [3.8, 4) is 11.5 Å². The van der Waals surface area contributed by atoms with Crippen LogP contribution in [0.4, 0.5) is 0 Å². The molecule has 0 radical (unpaired) electrons. The number of ether oxygens (including phenoxy) is 2. The number of halogens is 1. The van der Waals surface area contributed by atoms with E-state index in [0.717, 1.165) is 72.3 Å². The van der Waals surface area contributed by atoms with Gasteiger partial charge in [-0.05, 0) is 17.7 Å². The largest absolute Gasteiger partial charge is 0.493 e. The number of fused-ring (bicyclic) bond motifs is 4. The Kier molecular flexibility index (Phi) is 5.47. The molecule has 1 spiro atoms. The van der Waals surface area contributed by atoms with Crippen LogP contribution in [0.3, 0.4) is 0 Å². The van der Waals surface area contributed by atoms with Crippen LogP contribution >= 0.6 is 11.6 Å². The summed E-state index contributed by atoms with van der Waals surface area (Å²) in [7, 11) is 1.71. The maximum absolute atomic E-state index is 6.84. The van der Waals surface area contributed by atoms with Gasteiger partial charge in [-0.25, -0.2) is 5.01 Å². The molecule has 3 heterocycles. The standard InChI is InChI=1S/C28H28ClN3O2/c1-33-26-13-7-11-22-25-18-24(21-10-5-6-12-23(21)29)30-32(25)28(34-27(22)26)14-16-31(17-15-28)19-20-8-3-2-4-9-20/h2-13,25H,14-19H2,1H3/t25-/m0/s1. The van der Waals surface area contributed by atoms with E-state index in [2.05, 4.69) is 52.4 Å². The fourth-order valence-electron chi connectivity index (χ4n) is 5.52. The van der Waals surface area contributed by atoms with Crippen molar-refractivity contribution in [2.45, 2.75) is 37.6 Å². The molecule has 0 unspecified atom stereocenters. The summed E-state index contributed by atoms with van der Waals surface area (Å²) in [6.07, 6.45) is 2.53. The summed E-state index contributed by atoms with van der Waals surface area (Å²) < 4.78 is 12.6. The Hall–Kier alpha value is -3.02. The van der Waals surface area contributed by atoms with Gasteiger partial charge in [-0.15, -0.1) is 0 Å². The van der Waals surface area contributed by atoms with Gasteiger partial charge in [0.05, 0.1) is 18.9 Å². The number of methoxy groups -OCH3 is 1. The highest BCUT2D eigenvalue weighted by atomic mass is 35.5. The Labute approximate surface area is 205 Å². The number of benzene rings is 3. The molecule has 1 fully saturated rings. The Morgan fingerprint density at radius 1 is 1.00 bits per heavy atom. The highest BCUT2D eigenvalue weighted by Gasteiger charge is 2.52. The first kappa shape index (κ1) is 21.5. The molecule has 0 bridgehead atoms. The molecule has 0 aliphatic carbocycles. The SMILES string of the molecule is COc1cccc2c1OC1(CCN(Cc3ccccc3)CC1)N1N=C(c3ccccc3Cl)C[C@@H]21. The topological polar surface area (TPSA) is 37.3 Å². The van der Waals surface area contributed by atoms with E-state index in [1.165, 1.54) is 5.56 Å². The van der Waals surface area contributed by atoms with Crippen LogP contribution in [-0.4, -0.2) is 41.5 Å². The molecule has 5 nitrogen and oxygen atoms in total. The van der Waals surface area contributed by atoms with Crippen molar-refractivity contribution in [3.05, 3.63) is 94.5 Å². The van der Waals surface area contributed by atoms with E-state index in [0.29, 0.717) is 0 Å². The first-order chi connectivity index (χ1) is 16.7. The minimum absolute atomic E-state index is 0.103. The van der Waals surface area contributed by atoms with Crippen molar-refractivity contribution in [1.29, 1.82) is 0 Å². The lowest BCUT2D eigenvalue weighted by Gasteiger charge is -2.51. The van der Waals surface area contributed by atoms with E-state index in [-0.39, 0.29) is 6.04 Å². The van der Waals surface area contributed by atoms with Crippen LogP contribution in [0.1, 0.15) is 42.0 Å². The van der Waals surface area contributed by atoms with Gasteiger partial charge in [-0.3, -0.25) is 4.90 Å². The van der Waals surface area contributed by atoms with Crippen molar-refractivity contribution in [3.63, 3.8) is 0 Å². The molecule has 1 saturated heterocycles. The number of rotatable bonds is 4. The molecule has 6 heteroatoms. The molecular formula is C28H28ClN3O2.